The molecule has 0 spiro atoms. The molecule has 5 N–H and O–H groups in total. The van der Waals surface area contributed by atoms with Crippen LogP contribution in [0, 0.1) is 0 Å². The van der Waals surface area contributed by atoms with Crippen LogP contribution < -0.4 is 20.0 Å². The number of anilines is 3. The molecule has 6 atom stereocenters. The van der Waals surface area contributed by atoms with E-state index in [2.05, 4.69) is 88.7 Å². The minimum absolute atomic E-state index is 0. The van der Waals surface area contributed by atoms with Crippen LogP contribution in [0.1, 0.15) is 114 Å². The Balaban J connectivity index is 0.000000222. The van der Waals surface area contributed by atoms with Crippen LogP contribution in [0.5, 0.6) is 0 Å². The van der Waals surface area contributed by atoms with Crippen molar-refractivity contribution in [2.45, 2.75) is 110 Å². The summed E-state index contributed by atoms with van der Waals surface area (Å²) in [7, 11) is 0. The average Bonchev–Trinajstić information content (AvgIpc) is 0.784. The van der Waals surface area contributed by atoms with E-state index in [4.69, 9.17) is 110 Å². The van der Waals surface area contributed by atoms with Crippen LogP contribution in [-0.2, 0) is 26.4 Å². The summed E-state index contributed by atoms with van der Waals surface area (Å²) in [6.45, 7) is 24.0. The molecule has 12 rings (SSSR count). The van der Waals surface area contributed by atoms with Crippen molar-refractivity contribution in [1.29, 1.82) is 0 Å². The van der Waals surface area contributed by atoms with E-state index in [-0.39, 0.29) is 39.9 Å². The topological polar surface area (TPSA) is 147 Å². The normalized spacial score (nSPS) is 17.5. The number of benzene rings is 9. The molecule has 3 fully saturated rings. The van der Waals surface area contributed by atoms with E-state index in [0.717, 1.165) is 84.6 Å². The molecule has 569 valence electrons. The van der Waals surface area contributed by atoms with Crippen molar-refractivity contribution in [2.24, 2.45) is 0 Å². The molecule has 0 saturated carbocycles. The first-order valence-electron chi connectivity index (χ1n) is 34.9. The number of aliphatic hydroxyl groups is 3. The number of nitrogens with one attached hydrogen (secondary N) is 1. The predicted molar refractivity (Wildman–Crippen MR) is 451 cm³/mol. The lowest BCUT2D eigenvalue weighted by Crippen LogP contribution is -2.55. The molecule has 3 radical (unpaired) electrons. The zero-order chi connectivity index (χ0) is 76.3. The molecule has 107 heavy (non-hydrogen) atoms. The summed E-state index contributed by atoms with van der Waals surface area (Å²) < 4.78 is 0. The van der Waals surface area contributed by atoms with Crippen LogP contribution in [0.4, 0.5) is 17.1 Å². The van der Waals surface area contributed by atoms with E-state index in [1.807, 2.05) is 134 Å². The number of hydrogen-bond donors (Lipinski definition) is 5. The number of aliphatic carboxylic acids is 1. The zero-order valence-corrected chi connectivity index (χ0v) is 67.5. The van der Waals surface area contributed by atoms with E-state index >= 15 is 0 Å². The molecule has 3 aliphatic rings. The van der Waals surface area contributed by atoms with Crippen molar-refractivity contribution >= 4 is 142 Å². The number of β-amino-alcohol motifs (C(OH)–C–C–N with tert-alkyl or cyclic N) is 1. The van der Waals surface area contributed by atoms with Gasteiger partial charge in [0, 0.05) is 116 Å². The molecule has 13 nitrogen and oxygen atoms in total. The average molecular weight is 1630 g/mol. The van der Waals surface area contributed by atoms with Gasteiger partial charge in [-0.2, -0.15) is 0 Å². The first kappa shape index (κ1) is 89.6. The third-order valence-electron chi connectivity index (χ3n) is 18.9. The highest BCUT2D eigenvalue weighted by molar-refractivity contribution is 6.38. The number of hydrogen-bond acceptors (Lipinski definition) is 11. The number of nitrogens with zero attached hydrogens (tertiary/aromatic N) is 6. The van der Waals surface area contributed by atoms with Crippen molar-refractivity contribution in [1.82, 2.24) is 20.0 Å². The van der Waals surface area contributed by atoms with Crippen molar-refractivity contribution in [3.05, 3.63) is 297 Å². The highest BCUT2D eigenvalue weighted by Gasteiger charge is 2.41. The van der Waals surface area contributed by atoms with Gasteiger partial charge in [-0.15, -0.1) is 0 Å². The molecule has 9 aromatic carbocycles. The van der Waals surface area contributed by atoms with E-state index in [1.165, 1.54) is 12.5 Å². The molecule has 0 unspecified atom stereocenters. The number of carboxylic acids is 1. The molecule has 3 heterocycles. The largest absolute Gasteiger partial charge is 0.479 e. The molecule has 1 amide bonds. The minimum atomic E-state index is -1.79. The van der Waals surface area contributed by atoms with Crippen LogP contribution in [-0.4, -0.2) is 139 Å². The smallest absolute Gasteiger partial charge is 0.340 e. The van der Waals surface area contributed by atoms with Gasteiger partial charge in [-0.05, 0) is 179 Å². The van der Waals surface area contributed by atoms with Gasteiger partial charge in [0.1, 0.15) is 0 Å². The molecule has 3 aliphatic heterocycles. The van der Waals surface area contributed by atoms with Gasteiger partial charge in [-0.25, -0.2) is 4.79 Å². The van der Waals surface area contributed by atoms with E-state index in [0.29, 0.717) is 89.6 Å². The number of carbonyl (C=O) groups excluding carboxylic acids is 1. The highest BCUT2D eigenvalue weighted by Crippen LogP contribution is 2.41. The summed E-state index contributed by atoms with van der Waals surface area (Å²) in [6.07, 6.45) is 0. The number of rotatable bonds is 16. The first-order valence-corrected chi connectivity index (χ1v) is 38.3. The second kappa shape index (κ2) is 41.7. The molecule has 9 aromatic rings. The van der Waals surface area contributed by atoms with E-state index in [9.17, 15) is 24.9 Å². The lowest BCUT2D eigenvalue weighted by molar-refractivity contribution is -0.157. The Morgan fingerprint density at radius 1 is 0.458 bits per heavy atom. The van der Waals surface area contributed by atoms with Gasteiger partial charge in [0.2, 0.25) is 0 Å². The van der Waals surface area contributed by atoms with Crippen LogP contribution in [0.2, 0.25) is 45.2 Å². The molecule has 23 heteroatoms. The van der Waals surface area contributed by atoms with Crippen molar-refractivity contribution < 1.29 is 30.0 Å². The third kappa shape index (κ3) is 24.6. The Labute approximate surface area is 680 Å². The zero-order valence-electron chi connectivity index (χ0n) is 60.7. The fourth-order valence-corrected chi connectivity index (χ4v) is 15.2. The Bertz CT molecular complexity index is 4220. The lowest BCUT2D eigenvalue weighted by Gasteiger charge is -2.45. The van der Waals surface area contributed by atoms with Crippen molar-refractivity contribution in [2.75, 3.05) is 86.7 Å². The summed E-state index contributed by atoms with van der Waals surface area (Å²) in [5.41, 5.74) is 3.71. The second-order valence-corrected chi connectivity index (χ2v) is 30.9. The van der Waals surface area contributed by atoms with Crippen molar-refractivity contribution in [3.63, 3.8) is 0 Å². The third-order valence-corrected chi connectivity index (χ3v) is 21.3. The maximum absolute atomic E-state index is 13.4. The quantitative estimate of drug-likeness (QED) is 0.0587. The summed E-state index contributed by atoms with van der Waals surface area (Å²) in [6, 6.07) is 68.8. The monoisotopic (exact) mass is 1620 g/mol. The van der Waals surface area contributed by atoms with Gasteiger partial charge in [0.05, 0.1) is 55.9 Å². The number of piperazine rings is 3. The molecule has 0 bridgehead atoms. The van der Waals surface area contributed by atoms with Crippen LogP contribution in [0.15, 0.2) is 218 Å². The number of halogens is 9. The molecular weight excluding hydrogens is 1530 g/mol. The van der Waals surface area contributed by atoms with Crippen LogP contribution in [0.3, 0.4) is 0 Å². The van der Waals surface area contributed by atoms with Gasteiger partial charge in [0.25, 0.3) is 5.91 Å². The lowest BCUT2D eigenvalue weighted by atomic mass is 9.93. The minimum Gasteiger partial charge on any atom is -0.479 e. The Kier molecular flexibility index (Phi) is 34.9. The van der Waals surface area contributed by atoms with Gasteiger partial charge in [-0.1, -0.05) is 246 Å². The van der Waals surface area contributed by atoms with Crippen molar-refractivity contribution in [3.8, 4) is 0 Å². The molecule has 0 aromatic heterocycles. The maximum Gasteiger partial charge on any atom is 0.340 e. The van der Waals surface area contributed by atoms with Gasteiger partial charge >= 0.3 is 5.97 Å². The fourth-order valence-electron chi connectivity index (χ4n) is 13.3. The Hall–Kier alpha value is -6.25. The molecular formula is C84H96BCl9N7O6. The molecule has 3 saturated heterocycles. The molecule has 0 aliphatic carbocycles. The SMILES string of the molecule is C.CCN(C(C)C)C(C)C.C[C@](O)(C(=O)N1CCN(c2ccc(Cl)cc2Cl)[C@H](c2ccc(Cl)cc2)C1)c1ccccc1.C[C@](O)(C(=O)O)c1ccccc1.C[C@](O)(CN1CCN(c2ccc(Cl)cc2Cl)[C@H](c2ccc(Cl)cc2)C1)c1ccccc1.Clc1ccc([C@@H]2CNCCN2c2ccc(Cl)cc2Cl)cc1.[B]. The number of carbonyl (C=O) groups is 2. The van der Waals surface area contributed by atoms with Gasteiger partial charge in [-0.3, -0.25) is 14.6 Å². The Morgan fingerprint density at radius 3 is 1.17 bits per heavy atom. The van der Waals surface area contributed by atoms with Gasteiger partial charge < -0.3 is 45.3 Å². The van der Waals surface area contributed by atoms with Crippen LogP contribution in [0.25, 0.3) is 0 Å². The predicted octanol–water partition coefficient (Wildman–Crippen LogP) is 20.5. The van der Waals surface area contributed by atoms with E-state index in [1.54, 1.807) is 78.6 Å². The summed E-state index contributed by atoms with van der Waals surface area (Å²) in [5.74, 6) is -1.57. The standard InChI is InChI=1S/C25H23Cl3N2O2.C25H25Cl3N2O.C16H15Cl3N2.C9H10O3.C8H19N.CH4.B/c1-25(32,18-5-3-2-4-6-18)24(31)29-13-14-30(22-12-11-20(27)15-21(22)28)23(16-29)17-7-9-19(26)10-8-17;1-25(31,19-5-3-2-4-6-19)17-29-13-14-30(23-12-11-21(27)15-22(23)28)24(16-29)18-7-9-20(26)10-8-18;17-12-3-1-11(2-4-12)16-10-20-7-8-21(16)15-6-5-13(18)9-14(15)19;1-9(12,8(10)11)7-5-3-2-4-6-7;1-6-9(7(2)3)8(4)5;;/h2-12,15,23,32H,13-14,16H2,1H3;2-12,15,24,31H,13-14,16-17H2,1H3;1-6,9,16,20H,7-8,10H2;2-6,12H,1H3,(H,10,11);7-8H,6H2,1-5H3;1H4;/t23-,25+;24-,25-;16-;9-;;;/m0001.../s1. The van der Waals surface area contributed by atoms with Gasteiger partial charge in [0.15, 0.2) is 11.2 Å². The second-order valence-electron chi connectivity index (χ2n) is 27.1. The number of carboxylic acid groups (broad SMARTS) is 1. The maximum atomic E-state index is 13.4. The Morgan fingerprint density at radius 2 is 0.804 bits per heavy atom. The summed E-state index contributed by atoms with van der Waals surface area (Å²) in [5, 5.41) is 49.6. The highest BCUT2D eigenvalue weighted by atomic mass is 35.5. The number of amides is 1. The van der Waals surface area contributed by atoms with Crippen LogP contribution >= 0.6 is 104 Å². The fraction of sp³-hybridized carbons (Fsp3) is 0.333. The summed E-state index contributed by atoms with van der Waals surface area (Å²) in [4.78, 5) is 37.3. The summed E-state index contributed by atoms with van der Waals surface area (Å²) >= 11 is 55.9. The van der Waals surface area contributed by atoms with E-state index < -0.39 is 22.8 Å². The first-order chi connectivity index (χ1) is 49.9.